The van der Waals surface area contributed by atoms with Crippen LogP contribution in [0, 0.1) is 0 Å². The summed E-state index contributed by atoms with van der Waals surface area (Å²) in [4.78, 5) is 9.98. The molecule has 0 aliphatic carbocycles. The van der Waals surface area contributed by atoms with Crippen molar-refractivity contribution in [2.45, 2.75) is 23.7 Å². The number of nitrogens with zero attached hydrogens (tertiary/aromatic N) is 5. The van der Waals surface area contributed by atoms with Crippen LogP contribution in [-0.4, -0.2) is 24.7 Å². The Morgan fingerprint density at radius 2 is 1.96 bits per heavy atom. The smallest absolute Gasteiger partial charge is 0.200 e. The number of thiophene rings is 1. The SMILES string of the molecule is CCn1c(Sc2ncnc3scc(-c4ccccc4)c23)nnc1-c1ccco1. The summed E-state index contributed by atoms with van der Waals surface area (Å²) in [5.41, 5.74) is 2.29. The number of furan rings is 1. The minimum Gasteiger partial charge on any atom is -0.461 e. The van der Waals surface area contributed by atoms with Crippen LogP contribution in [0.3, 0.4) is 0 Å². The lowest BCUT2D eigenvalue weighted by Gasteiger charge is -2.07. The van der Waals surface area contributed by atoms with Gasteiger partial charge in [0.15, 0.2) is 16.7 Å². The van der Waals surface area contributed by atoms with Crippen molar-refractivity contribution in [3.63, 3.8) is 0 Å². The first kappa shape index (κ1) is 17.2. The van der Waals surface area contributed by atoms with Gasteiger partial charge in [-0.1, -0.05) is 30.3 Å². The number of benzene rings is 1. The van der Waals surface area contributed by atoms with E-state index in [4.69, 9.17) is 4.42 Å². The molecule has 8 heteroatoms. The zero-order chi connectivity index (χ0) is 18.9. The molecule has 28 heavy (non-hydrogen) atoms. The highest BCUT2D eigenvalue weighted by molar-refractivity contribution is 7.99. The first-order valence-electron chi connectivity index (χ1n) is 8.77. The molecule has 0 atom stereocenters. The maximum atomic E-state index is 5.50. The van der Waals surface area contributed by atoms with Crippen molar-refractivity contribution in [1.29, 1.82) is 0 Å². The van der Waals surface area contributed by atoms with E-state index in [1.54, 1.807) is 23.9 Å². The van der Waals surface area contributed by atoms with E-state index in [0.29, 0.717) is 11.6 Å². The highest BCUT2D eigenvalue weighted by Gasteiger charge is 2.19. The fourth-order valence-electron chi connectivity index (χ4n) is 3.08. The van der Waals surface area contributed by atoms with Crippen molar-refractivity contribution >= 4 is 33.3 Å². The first-order valence-corrected chi connectivity index (χ1v) is 10.5. The summed E-state index contributed by atoms with van der Waals surface area (Å²) in [7, 11) is 0. The van der Waals surface area contributed by atoms with E-state index in [1.165, 1.54) is 11.8 Å². The molecule has 0 unspecified atom stereocenters. The zero-order valence-corrected chi connectivity index (χ0v) is 16.6. The van der Waals surface area contributed by atoms with Gasteiger partial charge in [0.25, 0.3) is 0 Å². The van der Waals surface area contributed by atoms with Crippen LogP contribution in [0.2, 0.25) is 0 Å². The molecule has 4 aromatic heterocycles. The van der Waals surface area contributed by atoms with E-state index >= 15 is 0 Å². The van der Waals surface area contributed by atoms with Crippen molar-refractivity contribution < 1.29 is 4.42 Å². The van der Waals surface area contributed by atoms with Gasteiger partial charge in [-0.2, -0.15) is 0 Å². The van der Waals surface area contributed by atoms with E-state index in [-0.39, 0.29) is 0 Å². The lowest BCUT2D eigenvalue weighted by Crippen LogP contribution is -1.99. The maximum Gasteiger partial charge on any atom is 0.200 e. The summed E-state index contributed by atoms with van der Waals surface area (Å²) in [5, 5.41) is 13.6. The van der Waals surface area contributed by atoms with Gasteiger partial charge in [-0.15, -0.1) is 21.5 Å². The molecule has 0 fully saturated rings. The Morgan fingerprint density at radius 1 is 1.07 bits per heavy atom. The van der Waals surface area contributed by atoms with Gasteiger partial charge in [-0.25, -0.2) is 9.97 Å². The Kier molecular flexibility index (Phi) is 4.42. The van der Waals surface area contributed by atoms with Gasteiger partial charge in [0.2, 0.25) is 0 Å². The number of fused-ring (bicyclic) bond motifs is 1. The lowest BCUT2D eigenvalue weighted by atomic mass is 10.1. The first-order chi connectivity index (χ1) is 13.8. The Hall–Kier alpha value is -2.97. The molecule has 138 valence electrons. The zero-order valence-electron chi connectivity index (χ0n) is 14.9. The molecule has 0 saturated carbocycles. The minimum absolute atomic E-state index is 0.703. The van der Waals surface area contributed by atoms with Crippen LogP contribution in [0.5, 0.6) is 0 Å². The van der Waals surface area contributed by atoms with Crippen LogP contribution < -0.4 is 0 Å². The second kappa shape index (κ2) is 7.21. The summed E-state index contributed by atoms with van der Waals surface area (Å²) in [6.07, 6.45) is 3.25. The molecule has 0 aliphatic heterocycles. The number of hydrogen-bond donors (Lipinski definition) is 0. The van der Waals surface area contributed by atoms with Crippen molar-refractivity contribution in [1.82, 2.24) is 24.7 Å². The van der Waals surface area contributed by atoms with Crippen LogP contribution >= 0.6 is 23.1 Å². The number of hydrogen-bond acceptors (Lipinski definition) is 7. The Bertz CT molecular complexity index is 1230. The molecule has 0 spiro atoms. The van der Waals surface area contributed by atoms with E-state index in [1.807, 2.05) is 34.9 Å². The second-order valence-electron chi connectivity index (χ2n) is 6.00. The van der Waals surface area contributed by atoms with Gasteiger partial charge in [0, 0.05) is 17.5 Å². The van der Waals surface area contributed by atoms with Gasteiger partial charge in [0.05, 0.1) is 11.6 Å². The fourth-order valence-corrected chi connectivity index (χ4v) is 5.05. The Morgan fingerprint density at radius 3 is 2.75 bits per heavy atom. The average Bonchev–Trinajstić information content (AvgIpc) is 3.48. The molecular formula is C20H15N5OS2. The third-order valence-corrected chi connectivity index (χ3v) is 6.26. The average molecular weight is 406 g/mol. The number of rotatable bonds is 5. The summed E-state index contributed by atoms with van der Waals surface area (Å²) in [6.45, 7) is 2.80. The van der Waals surface area contributed by atoms with Crippen LogP contribution in [0.25, 0.3) is 32.9 Å². The molecule has 0 N–H and O–H groups in total. The molecule has 0 amide bonds. The molecular weight excluding hydrogens is 390 g/mol. The van der Waals surface area contributed by atoms with E-state index in [0.717, 1.165) is 38.1 Å². The number of aromatic nitrogens is 5. The summed E-state index contributed by atoms with van der Waals surface area (Å²) < 4.78 is 7.54. The molecule has 0 bridgehead atoms. The molecule has 4 heterocycles. The fraction of sp³-hybridized carbons (Fsp3) is 0.100. The monoisotopic (exact) mass is 405 g/mol. The van der Waals surface area contributed by atoms with E-state index in [9.17, 15) is 0 Å². The molecule has 0 aliphatic rings. The van der Waals surface area contributed by atoms with Gasteiger partial charge in [-0.3, -0.25) is 4.57 Å². The maximum absolute atomic E-state index is 5.50. The van der Waals surface area contributed by atoms with Crippen molar-refractivity contribution in [2.75, 3.05) is 0 Å². The minimum atomic E-state index is 0.703. The van der Waals surface area contributed by atoms with Crippen molar-refractivity contribution in [3.05, 3.63) is 60.4 Å². The topological polar surface area (TPSA) is 69.6 Å². The Balaban J connectivity index is 1.61. The van der Waals surface area contributed by atoms with Gasteiger partial charge < -0.3 is 4.42 Å². The largest absolute Gasteiger partial charge is 0.461 e. The van der Waals surface area contributed by atoms with Crippen molar-refractivity contribution in [2.24, 2.45) is 0 Å². The van der Waals surface area contributed by atoms with Gasteiger partial charge >= 0.3 is 0 Å². The Labute approximate surface area is 169 Å². The highest BCUT2D eigenvalue weighted by atomic mass is 32.2. The summed E-state index contributed by atoms with van der Waals surface area (Å²) in [5.74, 6) is 1.42. The highest BCUT2D eigenvalue weighted by Crippen LogP contribution is 2.40. The van der Waals surface area contributed by atoms with Crippen LogP contribution in [0.15, 0.2) is 75.0 Å². The van der Waals surface area contributed by atoms with Crippen molar-refractivity contribution in [3.8, 4) is 22.7 Å². The molecule has 1 aromatic carbocycles. The summed E-state index contributed by atoms with van der Waals surface area (Å²) in [6, 6.07) is 14.0. The second-order valence-corrected chi connectivity index (χ2v) is 7.82. The van der Waals surface area contributed by atoms with Crippen LogP contribution in [-0.2, 0) is 6.54 Å². The summed E-state index contributed by atoms with van der Waals surface area (Å²) >= 11 is 3.13. The lowest BCUT2D eigenvalue weighted by molar-refractivity contribution is 0.567. The quantitative estimate of drug-likeness (QED) is 0.366. The third kappa shape index (κ3) is 2.90. The van der Waals surface area contributed by atoms with Gasteiger partial charge in [-0.05, 0) is 36.4 Å². The van der Waals surface area contributed by atoms with Gasteiger partial charge in [0.1, 0.15) is 16.2 Å². The van der Waals surface area contributed by atoms with E-state index < -0.39 is 0 Å². The third-order valence-electron chi connectivity index (χ3n) is 4.38. The van der Waals surface area contributed by atoms with Crippen LogP contribution in [0.1, 0.15) is 6.92 Å². The molecule has 5 aromatic rings. The molecule has 6 nitrogen and oxygen atoms in total. The normalized spacial score (nSPS) is 11.3. The predicted molar refractivity (Wildman–Crippen MR) is 110 cm³/mol. The predicted octanol–water partition coefficient (Wildman–Crippen LogP) is 5.38. The molecule has 5 rings (SSSR count). The standard InChI is InChI=1S/C20H15N5OS2/c1-2-25-17(15-9-6-10-26-15)23-24-20(25)28-19-16-14(13-7-4-3-5-8-13)11-27-18(16)21-12-22-19/h3-12H,2H2,1H3. The van der Waals surface area contributed by atoms with Crippen LogP contribution in [0.4, 0.5) is 0 Å². The molecule has 0 radical (unpaired) electrons. The molecule has 0 saturated heterocycles. The van der Waals surface area contributed by atoms with E-state index in [2.05, 4.69) is 44.6 Å².